The molecule has 0 aromatic heterocycles. The van der Waals surface area contributed by atoms with Gasteiger partial charge >= 0.3 is 0 Å². The Kier molecular flexibility index (Phi) is 5.79. The molecule has 3 aromatic rings. The van der Waals surface area contributed by atoms with Gasteiger partial charge in [0.1, 0.15) is 0 Å². The van der Waals surface area contributed by atoms with Gasteiger partial charge in [0.05, 0.1) is 15.5 Å². The molecule has 0 radical (unpaired) electrons. The minimum atomic E-state index is -4.21. The number of nitro benzene ring substituents is 1. The Labute approximate surface area is 166 Å². The number of nitro groups is 1. The fourth-order valence-corrected chi connectivity index (χ4v) is 3.70. The third kappa shape index (κ3) is 4.53. The molecule has 0 fully saturated rings. The van der Waals surface area contributed by atoms with Crippen LogP contribution in [0.15, 0.2) is 94.9 Å². The standard InChI is InChI=1S/C20H15N3O5S/c24-19(15-7-3-1-4-8-15)20(29(27,28)18-9-5-2-6-10-18)22-21-16-11-13-17(14-12-16)23(25)26/h1-14,21H. The van der Waals surface area contributed by atoms with Gasteiger partial charge in [-0.2, -0.15) is 5.10 Å². The van der Waals surface area contributed by atoms with Crippen LogP contribution in [0.25, 0.3) is 0 Å². The summed E-state index contributed by atoms with van der Waals surface area (Å²) >= 11 is 0. The summed E-state index contributed by atoms with van der Waals surface area (Å²) in [6.45, 7) is 0. The Morgan fingerprint density at radius 1 is 0.862 bits per heavy atom. The number of non-ortho nitro benzene ring substituents is 1. The van der Waals surface area contributed by atoms with Crippen molar-refractivity contribution in [1.29, 1.82) is 0 Å². The van der Waals surface area contributed by atoms with Crippen molar-refractivity contribution in [2.24, 2.45) is 5.10 Å². The minimum absolute atomic E-state index is 0.0754. The molecule has 3 aromatic carbocycles. The van der Waals surface area contributed by atoms with Crippen LogP contribution >= 0.6 is 0 Å². The monoisotopic (exact) mass is 409 g/mol. The number of carbonyl (C=O) groups is 1. The summed E-state index contributed by atoms with van der Waals surface area (Å²) in [5, 5.41) is 13.9. The first-order valence-electron chi connectivity index (χ1n) is 8.37. The molecule has 0 aliphatic rings. The second kappa shape index (κ2) is 8.44. The largest absolute Gasteiger partial charge is 0.286 e. The molecule has 0 unspecified atom stereocenters. The Balaban J connectivity index is 2.02. The number of hydrogen-bond donors (Lipinski definition) is 1. The third-order valence-electron chi connectivity index (χ3n) is 3.90. The van der Waals surface area contributed by atoms with E-state index >= 15 is 0 Å². The highest BCUT2D eigenvalue weighted by atomic mass is 32.2. The lowest BCUT2D eigenvalue weighted by Crippen LogP contribution is -2.26. The highest BCUT2D eigenvalue weighted by molar-refractivity contribution is 8.08. The quantitative estimate of drug-likeness (QED) is 0.218. The summed E-state index contributed by atoms with van der Waals surface area (Å²) in [6.07, 6.45) is 0. The second-order valence-electron chi connectivity index (χ2n) is 5.84. The van der Waals surface area contributed by atoms with Crippen LogP contribution in [0, 0.1) is 10.1 Å². The van der Waals surface area contributed by atoms with Gasteiger partial charge in [-0.3, -0.25) is 20.3 Å². The van der Waals surface area contributed by atoms with E-state index in [2.05, 4.69) is 10.5 Å². The Morgan fingerprint density at radius 2 is 1.41 bits per heavy atom. The van der Waals surface area contributed by atoms with Crippen LogP contribution in [-0.2, 0) is 9.84 Å². The highest BCUT2D eigenvalue weighted by Gasteiger charge is 2.30. The van der Waals surface area contributed by atoms with E-state index in [0.717, 1.165) is 0 Å². The van der Waals surface area contributed by atoms with Crippen molar-refractivity contribution in [3.8, 4) is 0 Å². The molecule has 0 aliphatic heterocycles. The van der Waals surface area contributed by atoms with Crippen molar-refractivity contribution < 1.29 is 18.1 Å². The molecule has 0 saturated carbocycles. The topological polar surface area (TPSA) is 119 Å². The van der Waals surface area contributed by atoms with Gasteiger partial charge in [-0.05, 0) is 24.3 Å². The molecule has 0 heterocycles. The summed E-state index contributed by atoms with van der Waals surface area (Å²) in [5.74, 6) is -0.774. The molecule has 0 aliphatic carbocycles. The fourth-order valence-electron chi connectivity index (χ4n) is 2.43. The van der Waals surface area contributed by atoms with Gasteiger partial charge < -0.3 is 0 Å². The first-order chi connectivity index (χ1) is 13.9. The number of anilines is 1. The first-order valence-corrected chi connectivity index (χ1v) is 9.86. The number of sulfone groups is 1. The number of hydrazone groups is 1. The van der Waals surface area contributed by atoms with Crippen molar-refractivity contribution in [2.75, 3.05) is 5.43 Å². The van der Waals surface area contributed by atoms with E-state index in [1.54, 1.807) is 36.4 Å². The molecule has 29 heavy (non-hydrogen) atoms. The van der Waals surface area contributed by atoms with Crippen LogP contribution in [0.2, 0.25) is 0 Å². The number of carbonyl (C=O) groups excluding carboxylic acids is 1. The average molecular weight is 409 g/mol. The van der Waals surface area contributed by atoms with E-state index in [-0.39, 0.29) is 21.8 Å². The zero-order valence-corrected chi connectivity index (χ0v) is 15.7. The highest BCUT2D eigenvalue weighted by Crippen LogP contribution is 2.18. The molecule has 0 amide bonds. The van der Waals surface area contributed by atoms with Crippen molar-refractivity contribution in [3.63, 3.8) is 0 Å². The van der Waals surface area contributed by atoms with Gasteiger partial charge in [0.2, 0.25) is 20.7 Å². The molecule has 0 atom stereocenters. The van der Waals surface area contributed by atoms with E-state index < -0.39 is 25.6 Å². The lowest BCUT2D eigenvalue weighted by molar-refractivity contribution is -0.384. The molecule has 8 nitrogen and oxygen atoms in total. The van der Waals surface area contributed by atoms with Crippen molar-refractivity contribution >= 4 is 32.0 Å². The number of benzene rings is 3. The van der Waals surface area contributed by atoms with Crippen LogP contribution in [-0.4, -0.2) is 24.2 Å². The smallest absolute Gasteiger partial charge is 0.269 e. The predicted octanol–water partition coefficient (Wildman–Crippen LogP) is 3.68. The van der Waals surface area contributed by atoms with Crippen LogP contribution in [0.3, 0.4) is 0 Å². The molecule has 0 saturated heterocycles. The SMILES string of the molecule is O=C(C(=NNc1ccc([N+](=O)[O-])cc1)S(=O)(=O)c1ccccc1)c1ccccc1. The lowest BCUT2D eigenvalue weighted by atomic mass is 10.1. The molecule has 0 spiro atoms. The zero-order chi connectivity index (χ0) is 20.9. The number of ketones is 1. The molecule has 1 N–H and O–H groups in total. The Hall–Kier alpha value is -3.85. The fraction of sp³-hybridized carbons (Fsp3) is 0. The molecule has 9 heteroatoms. The normalized spacial score (nSPS) is 11.7. The van der Waals surface area contributed by atoms with Gasteiger partial charge in [0.15, 0.2) is 0 Å². The summed E-state index contributed by atoms with van der Waals surface area (Å²) in [7, 11) is -4.21. The Morgan fingerprint density at radius 3 is 1.97 bits per heavy atom. The van der Waals surface area contributed by atoms with E-state index in [1.807, 2.05) is 0 Å². The summed E-state index contributed by atoms with van der Waals surface area (Å²) in [6, 6.07) is 20.6. The molecule has 3 rings (SSSR count). The van der Waals surface area contributed by atoms with Gasteiger partial charge in [0.25, 0.3) is 5.69 Å². The van der Waals surface area contributed by atoms with Gasteiger partial charge in [-0.1, -0.05) is 48.5 Å². The molecular formula is C20H15N3O5S. The van der Waals surface area contributed by atoms with Crippen LogP contribution in [0.5, 0.6) is 0 Å². The van der Waals surface area contributed by atoms with Gasteiger partial charge in [0, 0.05) is 17.7 Å². The van der Waals surface area contributed by atoms with E-state index in [1.165, 1.54) is 48.5 Å². The summed E-state index contributed by atoms with van der Waals surface area (Å²) in [4.78, 5) is 23.0. The minimum Gasteiger partial charge on any atom is -0.286 e. The number of Topliss-reactive ketones (excluding diaryl/α,β-unsaturated/α-hetero) is 1. The second-order valence-corrected chi connectivity index (χ2v) is 7.71. The number of nitrogens with one attached hydrogen (secondary N) is 1. The van der Waals surface area contributed by atoms with E-state index in [4.69, 9.17) is 0 Å². The molecule has 0 bridgehead atoms. The van der Waals surface area contributed by atoms with Crippen LogP contribution < -0.4 is 5.43 Å². The first kappa shape index (κ1) is 19.9. The number of rotatable bonds is 6. The maximum atomic E-state index is 13.0. The maximum Gasteiger partial charge on any atom is 0.269 e. The van der Waals surface area contributed by atoms with E-state index in [9.17, 15) is 23.3 Å². The lowest BCUT2D eigenvalue weighted by Gasteiger charge is -2.09. The van der Waals surface area contributed by atoms with Gasteiger partial charge in [-0.15, -0.1) is 0 Å². The van der Waals surface area contributed by atoms with Crippen molar-refractivity contribution in [2.45, 2.75) is 4.90 Å². The summed E-state index contributed by atoms with van der Waals surface area (Å²) < 4.78 is 26.1. The summed E-state index contributed by atoms with van der Waals surface area (Å²) in [5.41, 5.74) is 2.83. The van der Waals surface area contributed by atoms with E-state index in [0.29, 0.717) is 0 Å². The van der Waals surface area contributed by atoms with Crippen molar-refractivity contribution in [1.82, 2.24) is 0 Å². The number of hydrogen-bond acceptors (Lipinski definition) is 7. The molecule has 146 valence electrons. The third-order valence-corrected chi connectivity index (χ3v) is 5.58. The Bertz CT molecular complexity index is 1160. The van der Waals surface area contributed by atoms with Crippen molar-refractivity contribution in [3.05, 3.63) is 101 Å². The average Bonchev–Trinajstić information content (AvgIpc) is 2.75. The zero-order valence-electron chi connectivity index (χ0n) is 14.9. The number of nitrogens with zero attached hydrogens (tertiary/aromatic N) is 2. The van der Waals surface area contributed by atoms with Crippen LogP contribution in [0.4, 0.5) is 11.4 Å². The molecular weight excluding hydrogens is 394 g/mol. The van der Waals surface area contributed by atoms with Gasteiger partial charge in [-0.25, -0.2) is 8.42 Å². The van der Waals surface area contributed by atoms with Crippen LogP contribution in [0.1, 0.15) is 10.4 Å². The predicted molar refractivity (Wildman–Crippen MR) is 109 cm³/mol. The maximum absolute atomic E-state index is 13.0.